The molecule has 9 nitrogen and oxygen atoms in total. The third-order valence-electron chi connectivity index (χ3n) is 9.64. The van der Waals surface area contributed by atoms with Crippen LogP contribution in [0.1, 0.15) is 45.0 Å². The van der Waals surface area contributed by atoms with Crippen LogP contribution >= 0.6 is 0 Å². The zero-order valence-electron chi connectivity index (χ0n) is 28.2. The van der Waals surface area contributed by atoms with Gasteiger partial charge in [0.05, 0.1) is 40.0 Å². The van der Waals surface area contributed by atoms with Crippen molar-refractivity contribution in [3.8, 4) is 34.5 Å². The summed E-state index contributed by atoms with van der Waals surface area (Å²) in [5.74, 6) is 3.91. The van der Waals surface area contributed by atoms with E-state index in [0.29, 0.717) is 54.1 Å². The highest BCUT2D eigenvalue weighted by atomic mass is 16.7. The molecule has 0 saturated carbocycles. The Kier molecular flexibility index (Phi) is 8.39. The topological polar surface area (TPSA) is 78.9 Å². The standard InChI is InChI=1S/C39H40N2O7/c1-23-34(46-21-26-15-11-8-12-16-26)27(18-31-36(23)48-22-47-31)17-29-33-32-28(35(43-4)24(2)37(44-5)38(32)45-6)19-30(40(33)3)39(42)41(29)20-25-13-9-7-10-14-25/h7-18,30,33H,19-22H2,1-6H3/b29-17+/t30-,33-/m0/s1. The van der Waals surface area contributed by atoms with Gasteiger partial charge in [0.2, 0.25) is 12.7 Å². The number of fused-ring (bicyclic) bond motifs is 5. The minimum Gasteiger partial charge on any atom is -0.496 e. The lowest BCUT2D eigenvalue weighted by atomic mass is 9.80. The van der Waals surface area contributed by atoms with E-state index in [-0.39, 0.29) is 18.7 Å². The van der Waals surface area contributed by atoms with Crippen LogP contribution in [0.3, 0.4) is 0 Å². The fourth-order valence-electron chi connectivity index (χ4n) is 7.39. The Labute approximate surface area is 281 Å². The average molecular weight is 649 g/mol. The number of hydrogen-bond donors (Lipinski definition) is 0. The highest BCUT2D eigenvalue weighted by molar-refractivity contribution is 5.89. The summed E-state index contributed by atoms with van der Waals surface area (Å²) in [6, 6.07) is 21.2. The van der Waals surface area contributed by atoms with Crippen molar-refractivity contribution in [3.05, 3.63) is 111 Å². The fourth-order valence-corrected chi connectivity index (χ4v) is 7.39. The van der Waals surface area contributed by atoms with Crippen molar-refractivity contribution in [3.63, 3.8) is 0 Å². The number of likely N-dealkylation sites (N-methyl/N-ethyl adjacent to an activating group) is 1. The second kappa shape index (κ2) is 12.8. The van der Waals surface area contributed by atoms with Crippen molar-refractivity contribution in [2.24, 2.45) is 0 Å². The second-order valence-electron chi connectivity index (χ2n) is 12.3. The Hall–Kier alpha value is -5.15. The Morgan fingerprint density at radius 2 is 1.50 bits per heavy atom. The molecular weight excluding hydrogens is 608 g/mol. The summed E-state index contributed by atoms with van der Waals surface area (Å²) in [7, 11) is 6.96. The van der Waals surface area contributed by atoms with Crippen LogP contribution in [0.4, 0.5) is 0 Å². The van der Waals surface area contributed by atoms with Gasteiger partial charge in [0.25, 0.3) is 0 Å². The summed E-state index contributed by atoms with van der Waals surface area (Å²) in [5.41, 5.74) is 7.13. The molecule has 248 valence electrons. The Bertz CT molecular complexity index is 1890. The first-order chi connectivity index (χ1) is 23.4. The molecule has 3 aliphatic rings. The third-order valence-corrected chi connectivity index (χ3v) is 9.64. The average Bonchev–Trinajstić information content (AvgIpc) is 3.58. The quantitative estimate of drug-likeness (QED) is 0.201. The molecule has 3 aliphatic heterocycles. The third kappa shape index (κ3) is 5.19. The van der Waals surface area contributed by atoms with Crippen molar-refractivity contribution in [1.29, 1.82) is 0 Å². The van der Waals surface area contributed by atoms with Crippen molar-refractivity contribution in [2.45, 2.75) is 45.5 Å². The number of benzene rings is 4. The van der Waals surface area contributed by atoms with Crippen LogP contribution in [-0.4, -0.2) is 56.9 Å². The van der Waals surface area contributed by atoms with Gasteiger partial charge in [-0.25, -0.2) is 0 Å². The molecule has 0 N–H and O–H groups in total. The van der Waals surface area contributed by atoms with Crippen molar-refractivity contribution in [2.75, 3.05) is 35.2 Å². The smallest absolute Gasteiger partial charge is 0.244 e. The number of amides is 1. The Morgan fingerprint density at radius 1 is 0.833 bits per heavy atom. The number of nitrogens with zero attached hydrogens (tertiary/aromatic N) is 2. The van der Waals surface area contributed by atoms with Crippen LogP contribution in [0.25, 0.3) is 6.08 Å². The molecule has 0 unspecified atom stereocenters. The number of carbonyl (C=O) groups excluding carboxylic acids is 1. The predicted octanol–water partition coefficient (Wildman–Crippen LogP) is 6.62. The molecule has 4 aromatic carbocycles. The molecular formula is C39H40N2O7. The number of methoxy groups -OCH3 is 3. The normalized spacial score (nSPS) is 18.9. The van der Waals surface area contributed by atoms with Gasteiger partial charge in [-0.2, -0.15) is 0 Å². The Morgan fingerprint density at radius 3 is 2.17 bits per heavy atom. The van der Waals surface area contributed by atoms with Gasteiger partial charge in [0.1, 0.15) is 18.1 Å². The SMILES string of the molecule is COc1c(C)c(OC)c(OC)c2c1C[C@H]1C(=O)N(Cc3ccccc3)/C(=C/c3cc4c(c(C)c3OCc3ccccc3)OCO4)[C@@H]2N1C. The lowest BCUT2D eigenvalue weighted by Gasteiger charge is -2.50. The Balaban J connectivity index is 1.47. The molecule has 0 aromatic heterocycles. The van der Waals surface area contributed by atoms with E-state index in [1.807, 2.05) is 92.5 Å². The number of ether oxygens (including phenoxy) is 6. The highest BCUT2D eigenvalue weighted by Gasteiger charge is 2.50. The summed E-state index contributed by atoms with van der Waals surface area (Å²) < 4.78 is 36.4. The van der Waals surface area contributed by atoms with Gasteiger partial charge in [0.15, 0.2) is 23.0 Å². The molecule has 0 spiro atoms. The molecule has 9 heteroatoms. The molecule has 4 aromatic rings. The van der Waals surface area contributed by atoms with Crippen LogP contribution < -0.4 is 28.4 Å². The molecule has 1 saturated heterocycles. The van der Waals surface area contributed by atoms with Gasteiger partial charge in [-0.15, -0.1) is 0 Å². The molecule has 7 rings (SSSR count). The monoisotopic (exact) mass is 648 g/mol. The van der Waals surface area contributed by atoms with Gasteiger partial charge in [0, 0.05) is 39.9 Å². The molecule has 2 atom stereocenters. The molecule has 48 heavy (non-hydrogen) atoms. The number of rotatable bonds is 9. The highest BCUT2D eigenvalue weighted by Crippen LogP contribution is 2.55. The summed E-state index contributed by atoms with van der Waals surface area (Å²) >= 11 is 0. The first-order valence-electron chi connectivity index (χ1n) is 16.1. The van der Waals surface area contributed by atoms with Crippen LogP contribution in [0.15, 0.2) is 72.4 Å². The van der Waals surface area contributed by atoms with E-state index in [0.717, 1.165) is 44.6 Å². The zero-order chi connectivity index (χ0) is 33.5. The molecule has 1 fully saturated rings. The van der Waals surface area contributed by atoms with E-state index in [1.165, 1.54) is 0 Å². The first-order valence-corrected chi connectivity index (χ1v) is 16.1. The second-order valence-corrected chi connectivity index (χ2v) is 12.3. The van der Waals surface area contributed by atoms with Crippen molar-refractivity contribution < 1.29 is 33.2 Å². The van der Waals surface area contributed by atoms with E-state index in [1.54, 1.807) is 21.3 Å². The van der Waals surface area contributed by atoms with Gasteiger partial charge < -0.3 is 33.3 Å². The van der Waals surface area contributed by atoms with Crippen LogP contribution in [-0.2, 0) is 24.4 Å². The number of carbonyl (C=O) groups is 1. The summed E-state index contributed by atoms with van der Waals surface area (Å²) in [6.45, 7) is 4.82. The number of piperazine rings is 1. The van der Waals surface area contributed by atoms with Crippen LogP contribution in [0.5, 0.6) is 34.5 Å². The minimum absolute atomic E-state index is 0.00760. The van der Waals surface area contributed by atoms with Gasteiger partial charge in [-0.1, -0.05) is 60.7 Å². The molecule has 3 heterocycles. The van der Waals surface area contributed by atoms with Crippen LogP contribution in [0, 0.1) is 13.8 Å². The van der Waals surface area contributed by atoms with E-state index in [2.05, 4.69) is 11.0 Å². The summed E-state index contributed by atoms with van der Waals surface area (Å²) in [6.07, 6.45) is 2.53. The lowest BCUT2D eigenvalue weighted by Crippen LogP contribution is -2.58. The lowest BCUT2D eigenvalue weighted by molar-refractivity contribution is -0.141. The van der Waals surface area contributed by atoms with E-state index in [9.17, 15) is 4.79 Å². The van der Waals surface area contributed by atoms with Crippen molar-refractivity contribution >= 4 is 12.0 Å². The maximum atomic E-state index is 14.6. The summed E-state index contributed by atoms with van der Waals surface area (Å²) in [5, 5.41) is 0. The maximum absolute atomic E-state index is 14.6. The molecule has 0 radical (unpaired) electrons. The summed E-state index contributed by atoms with van der Waals surface area (Å²) in [4.78, 5) is 18.7. The first kappa shape index (κ1) is 31.4. The van der Waals surface area contributed by atoms with Gasteiger partial charge in [-0.3, -0.25) is 9.69 Å². The minimum atomic E-state index is -0.415. The van der Waals surface area contributed by atoms with E-state index in [4.69, 9.17) is 28.4 Å². The molecule has 1 amide bonds. The van der Waals surface area contributed by atoms with Gasteiger partial charge >= 0.3 is 0 Å². The zero-order valence-corrected chi connectivity index (χ0v) is 28.2. The van der Waals surface area contributed by atoms with Crippen molar-refractivity contribution in [1.82, 2.24) is 9.80 Å². The van der Waals surface area contributed by atoms with E-state index < -0.39 is 6.04 Å². The predicted molar refractivity (Wildman–Crippen MR) is 182 cm³/mol. The maximum Gasteiger partial charge on any atom is 0.244 e. The van der Waals surface area contributed by atoms with Gasteiger partial charge in [-0.05, 0) is 44.2 Å². The fraction of sp³-hybridized carbons (Fsp3) is 0.308. The molecule has 0 aliphatic carbocycles. The number of hydrogen-bond acceptors (Lipinski definition) is 8. The largest absolute Gasteiger partial charge is 0.496 e. The van der Waals surface area contributed by atoms with E-state index >= 15 is 0 Å². The van der Waals surface area contributed by atoms with Crippen LogP contribution in [0.2, 0.25) is 0 Å². The molecule has 2 bridgehead atoms.